The van der Waals surface area contributed by atoms with E-state index in [1.165, 1.54) is 6.26 Å². The number of aliphatic hydroxyl groups is 1. The molecular weight excluding hydrogens is 288 g/mol. The summed E-state index contributed by atoms with van der Waals surface area (Å²) in [5.41, 5.74) is 0. The van der Waals surface area contributed by atoms with E-state index < -0.39 is 6.10 Å². The number of aliphatic hydroxyl groups excluding tert-OH is 1. The molecule has 6 heteroatoms. The van der Waals surface area contributed by atoms with Gasteiger partial charge in [-0.1, -0.05) is 0 Å². The number of carbonyl (C=O) groups is 1. The van der Waals surface area contributed by atoms with E-state index in [1.807, 2.05) is 25.6 Å². The Bertz CT molecular complexity index is 432. The van der Waals surface area contributed by atoms with Crippen LogP contribution in [0.25, 0.3) is 0 Å². The van der Waals surface area contributed by atoms with Gasteiger partial charge in [-0.25, -0.2) is 0 Å². The number of hydrogen-bond donors (Lipinski definition) is 2. The maximum atomic E-state index is 12.3. The number of hydrogen-bond acceptors (Lipinski definition) is 5. The van der Waals surface area contributed by atoms with Crippen LogP contribution in [0, 0.1) is 0 Å². The van der Waals surface area contributed by atoms with Crippen LogP contribution in [0.5, 0.6) is 0 Å². The van der Waals surface area contributed by atoms with E-state index in [4.69, 9.17) is 4.42 Å². The normalized spacial score (nSPS) is 20.7. The predicted molar refractivity (Wildman–Crippen MR) is 84.2 cm³/mol. The minimum absolute atomic E-state index is 0.0287. The van der Waals surface area contributed by atoms with Crippen LogP contribution in [-0.2, 0) is 4.79 Å². The molecule has 2 N–H and O–H groups in total. The highest BCUT2D eigenvalue weighted by Gasteiger charge is 2.24. The van der Waals surface area contributed by atoms with Crippen LogP contribution in [-0.4, -0.2) is 52.6 Å². The standard InChI is InChI=1S/C15H24N2O3S/c1-11(10-13(18)14-4-3-7-20-14)16-15(19)12(2)17-5-8-21-9-6-17/h3-4,7,11-13,18H,5-6,8-10H2,1-2H3,(H,16,19)/t11-,12+,13+/m1/s1. The number of amides is 1. The zero-order chi connectivity index (χ0) is 15.2. The molecule has 1 aromatic heterocycles. The number of thioether (sulfide) groups is 1. The van der Waals surface area contributed by atoms with Gasteiger partial charge in [0.05, 0.1) is 12.3 Å². The smallest absolute Gasteiger partial charge is 0.237 e. The number of nitrogens with one attached hydrogen (secondary N) is 1. The Hall–Kier alpha value is -0.980. The van der Waals surface area contributed by atoms with Crippen molar-refractivity contribution in [3.63, 3.8) is 0 Å². The molecule has 1 amide bonds. The Morgan fingerprint density at radius 2 is 2.19 bits per heavy atom. The van der Waals surface area contributed by atoms with Gasteiger partial charge >= 0.3 is 0 Å². The molecule has 5 nitrogen and oxygen atoms in total. The summed E-state index contributed by atoms with van der Waals surface area (Å²) in [7, 11) is 0. The van der Waals surface area contributed by atoms with Gasteiger partial charge in [-0.3, -0.25) is 9.69 Å². The predicted octanol–water partition coefficient (Wildman–Crippen LogP) is 1.65. The summed E-state index contributed by atoms with van der Waals surface area (Å²) in [5, 5.41) is 13.0. The van der Waals surface area contributed by atoms with Crippen molar-refractivity contribution < 1.29 is 14.3 Å². The molecule has 21 heavy (non-hydrogen) atoms. The van der Waals surface area contributed by atoms with Crippen LogP contribution in [0.2, 0.25) is 0 Å². The van der Waals surface area contributed by atoms with E-state index in [-0.39, 0.29) is 18.0 Å². The van der Waals surface area contributed by atoms with Gasteiger partial charge in [0.1, 0.15) is 11.9 Å². The van der Waals surface area contributed by atoms with E-state index in [0.717, 1.165) is 24.6 Å². The van der Waals surface area contributed by atoms with Gasteiger partial charge in [0, 0.05) is 37.1 Å². The fourth-order valence-electron chi connectivity index (χ4n) is 2.48. The quantitative estimate of drug-likeness (QED) is 0.836. The van der Waals surface area contributed by atoms with Gasteiger partial charge in [-0.15, -0.1) is 0 Å². The van der Waals surface area contributed by atoms with Crippen molar-refractivity contribution in [1.29, 1.82) is 0 Å². The highest BCUT2D eigenvalue weighted by atomic mass is 32.2. The molecule has 0 radical (unpaired) electrons. The molecule has 0 aromatic carbocycles. The molecule has 1 aliphatic heterocycles. The lowest BCUT2D eigenvalue weighted by atomic mass is 10.1. The molecule has 0 aliphatic carbocycles. The lowest BCUT2D eigenvalue weighted by molar-refractivity contribution is -0.126. The van der Waals surface area contributed by atoms with Crippen molar-refractivity contribution in [1.82, 2.24) is 10.2 Å². The lowest BCUT2D eigenvalue weighted by Gasteiger charge is -2.32. The van der Waals surface area contributed by atoms with Crippen LogP contribution in [0.1, 0.15) is 32.1 Å². The van der Waals surface area contributed by atoms with E-state index in [0.29, 0.717) is 12.2 Å². The second kappa shape index (κ2) is 7.87. The van der Waals surface area contributed by atoms with Gasteiger partial charge in [-0.05, 0) is 26.0 Å². The van der Waals surface area contributed by atoms with Crippen molar-refractivity contribution in [3.8, 4) is 0 Å². The number of carbonyl (C=O) groups excluding carboxylic acids is 1. The fraction of sp³-hybridized carbons (Fsp3) is 0.667. The SMILES string of the molecule is C[C@H](C[C@H](O)c1ccco1)NC(=O)[C@H](C)N1CCSCC1. The maximum Gasteiger partial charge on any atom is 0.237 e. The van der Waals surface area contributed by atoms with Crippen LogP contribution in [0.15, 0.2) is 22.8 Å². The van der Waals surface area contributed by atoms with Gasteiger partial charge in [-0.2, -0.15) is 11.8 Å². The Morgan fingerprint density at radius 1 is 1.48 bits per heavy atom. The van der Waals surface area contributed by atoms with Crippen molar-refractivity contribution in [2.45, 2.75) is 38.5 Å². The van der Waals surface area contributed by atoms with Crippen LogP contribution < -0.4 is 5.32 Å². The monoisotopic (exact) mass is 312 g/mol. The first-order valence-corrected chi connectivity index (χ1v) is 8.57. The van der Waals surface area contributed by atoms with Crippen LogP contribution in [0.4, 0.5) is 0 Å². The summed E-state index contributed by atoms with van der Waals surface area (Å²) < 4.78 is 5.17. The van der Waals surface area contributed by atoms with Crippen molar-refractivity contribution in [2.24, 2.45) is 0 Å². The Labute approximate surface area is 130 Å². The third-order valence-corrected chi connectivity index (χ3v) is 4.75. The summed E-state index contributed by atoms with van der Waals surface area (Å²) in [6, 6.07) is 3.28. The third-order valence-electron chi connectivity index (χ3n) is 3.81. The zero-order valence-electron chi connectivity index (χ0n) is 12.6. The first-order valence-electron chi connectivity index (χ1n) is 7.41. The van der Waals surface area contributed by atoms with Gasteiger partial charge < -0.3 is 14.8 Å². The summed E-state index contributed by atoms with van der Waals surface area (Å²) in [6.07, 6.45) is 1.30. The largest absolute Gasteiger partial charge is 0.467 e. The van der Waals surface area contributed by atoms with Crippen LogP contribution in [0.3, 0.4) is 0 Å². The third kappa shape index (κ3) is 4.76. The second-order valence-corrected chi connectivity index (χ2v) is 6.73. The molecule has 0 spiro atoms. The minimum Gasteiger partial charge on any atom is -0.467 e. The fourth-order valence-corrected chi connectivity index (χ4v) is 3.42. The van der Waals surface area contributed by atoms with Crippen molar-refractivity contribution >= 4 is 17.7 Å². The lowest BCUT2D eigenvalue weighted by Crippen LogP contribution is -2.50. The molecule has 3 atom stereocenters. The van der Waals surface area contributed by atoms with Gasteiger partial charge in [0.25, 0.3) is 0 Å². The molecule has 1 aliphatic rings. The van der Waals surface area contributed by atoms with Gasteiger partial charge in [0.15, 0.2) is 0 Å². The summed E-state index contributed by atoms with van der Waals surface area (Å²) >= 11 is 1.93. The molecule has 1 saturated heterocycles. The van der Waals surface area contributed by atoms with E-state index in [1.54, 1.807) is 12.1 Å². The Morgan fingerprint density at radius 3 is 2.81 bits per heavy atom. The molecule has 118 valence electrons. The molecule has 2 rings (SSSR count). The van der Waals surface area contributed by atoms with E-state index >= 15 is 0 Å². The van der Waals surface area contributed by atoms with Crippen LogP contribution >= 0.6 is 11.8 Å². The summed E-state index contributed by atoms with van der Waals surface area (Å²) in [6.45, 7) is 5.77. The summed E-state index contributed by atoms with van der Waals surface area (Å²) in [4.78, 5) is 14.5. The average molecular weight is 312 g/mol. The summed E-state index contributed by atoms with van der Waals surface area (Å²) in [5.74, 6) is 2.74. The highest BCUT2D eigenvalue weighted by molar-refractivity contribution is 7.99. The highest BCUT2D eigenvalue weighted by Crippen LogP contribution is 2.18. The van der Waals surface area contributed by atoms with Crippen molar-refractivity contribution in [2.75, 3.05) is 24.6 Å². The first kappa shape index (κ1) is 16.4. The zero-order valence-corrected chi connectivity index (χ0v) is 13.4. The molecular formula is C15H24N2O3S. The molecule has 1 fully saturated rings. The van der Waals surface area contributed by atoms with E-state index in [9.17, 15) is 9.90 Å². The Balaban J connectivity index is 1.78. The topological polar surface area (TPSA) is 65.7 Å². The number of furan rings is 1. The Kier molecular flexibility index (Phi) is 6.14. The number of nitrogens with zero attached hydrogens (tertiary/aromatic N) is 1. The van der Waals surface area contributed by atoms with Gasteiger partial charge in [0.2, 0.25) is 5.91 Å². The van der Waals surface area contributed by atoms with E-state index in [2.05, 4.69) is 10.2 Å². The second-order valence-electron chi connectivity index (χ2n) is 5.50. The molecule has 0 bridgehead atoms. The maximum absolute atomic E-state index is 12.3. The molecule has 0 saturated carbocycles. The molecule has 2 heterocycles. The average Bonchev–Trinajstić information content (AvgIpc) is 3.01. The minimum atomic E-state index is -0.683. The first-order chi connectivity index (χ1) is 10.1. The van der Waals surface area contributed by atoms with Crippen molar-refractivity contribution in [3.05, 3.63) is 24.2 Å². The number of rotatable bonds is 6. The molecule has 1 aromatic rings. The molecule has 0 unspecified atom stereocenters.